The van der Waals surface area contributed by atoms with Crippen LogP contribution in [0.3, 0.4) is 0 Å². The number of aromatic nitrogens is 1. The highest BCUT2D eigenvalue weighted by molar-refractivity contribution is 9.09. The van der Waals surface area contributed by atoms with Gasteiger partial charge in [-0.15, -0.1) is 0 Å². The Hall–Kier alpha value is -0.610. The second-order valence-corrected chi connectivity index (χ2v) is 5.52. The van der Waals surface area contributed by atoms with Gasteiger partial charge in [-0.1, -0.05) is 27.5 Å². The number of carbonyl (C=O) groups is 1. The fraction of sp³-hybridized carbons (Fsp3) is 0.455. The van der Waals surface area contributed by atoms with E-state index in [9.17, 15) is 4.79 Å². The smallest absolute Gasteiger partial charge is 0.255 e. The van der Waals surface area contributed by atoms with Gasteiger partial charge >= 0.3 is 0 Å². The third-order valence-electron chi connectivity index (χ3n) is 2.71. The summed E-state index contributed by atoms with van der Waals surface area (Å²) >= 11 is 9.51. The molecule has 0 unspecified atom stereocenters. The minimum atomic E-state index is 0.00630. The van der Waals surface area contributed by atoms with Gasteiger partial charge in [-0.3, -0.25) is 9.78 Å². The molecule has 0 radical (unpaired) electrons. The lowest BCUT2D eigenvalue weighted by atomic mass is 10.1. The number of carbonyl (C=O) groups excluding carboxylic acids is 1. The summed E-state index contributed by atoms with van der Waals surface area (Å²) in [5.41, 5.74) is 0.546. The number of halogens is 2. The molecular weight excluding hydrogens is 291 g/mol. The SMILES string of the molecule is O=C(c1ccncc1Cl)N1CCC(Br)CC1. The number of amides is 1. The van der Waals surface area contributed by atoms with Gasteiger partial charge < -0.3 is 4.90 Å². The quantitative estimate of drug-likeness (QED) is 0.747. The standard InChI is InChI=1S/C11H12BrClN2O/c12-8-2-5-15(6-3-8)11(16)9-1-4-14-7-10(9)13/h1,4,7-8H,2-3,5-6H2. The van der Waals surface area contributed by atoms with Crippen LogP contribution in [0.25, 0.3) is 0 Å². The van der Waals surface area contributed by atoms with Gasteiger partial charge in [0.05, 0.1) is 10.6 Å². The molecule has 1 aliphatic rings. The van der Waals surface area contributed by atoms with Crippen LogP contribution in [-0.2, 0) is 0 Å². The van der Waals surface area contributed by atoms with Crippen molar-refractivity contribution in [3.63, 3.8) is 0 Å². The largest absolute Gasteiger partial charge is 0.339 e. The van der Waals surface area contributed by atoms with E-state index in [2.05, 4.69) is 20.9 Å². The molecule has 0 saturated carbocycles. The number of hydrogen-bond donors (Lipinski definition) is 0. The number of likely N-dealkylation sites (tertiary alicyclic amines) is 1. The molecule has 86 valence electrons. The van der Waals surface area contributed by atoms with E-state index < -0.39 is 0 Å². The number of pyridine rings is 1. The third kappa shape index (κ3) is 2.55. The lowest BCUT2D eigenvalue weighted by molar-refractivity contribution is 0.0728. The molecule has 3 nitrogen and oxygen atoms in total. The Bertz CT molecular complexity index is 391. The van der Waals surface area contributed by atoms with Crippen molar-refractivity contribution in [3.05, 3.63) is 29.0 Å². The first kappa shape index (κ1) is 11.9. The average Bonchev–Trinajstić information content (AvgIpc) is 2.30. The van der Waals surface area contributed by atoms with E-state index in [4.69, 9.17) is 11.6 Å². The summed E-state index contributed by atoms with van der Waals surface area (Å²) in [6, 6.07) is 1.67. The molecule has 0 bridgehead atoms. The van der Waals surface area contributed by atoms with Gasteiger partial charge in [0.1, 0.15) is 0 Å². The summed E-state index contributed by atoms with van der Waals surface area (Å²) < 4.78 is 0. The number of nitrogens with zero attached hydrogens (tertiary/aromatic N) is 2. The van der Waals surface area contributed by atoms with Crippen LogP contribution < -0.4 is 0 Å². The summed E-state index contributed by atoms with van der Waals surface area (Å²) in [5, 5.41) is 0.425. The van der Waals surface area contributed by atoms with Crippen molar-refractivity contribution >= 4 is 33.4 Å². The maximum Gasteiger partial charge on any atom is 0.255 e. The van der Waals surface area contributed by atoms with E-state index in [-0.39, 0.29) is 5.91 Å². The third-order valence-corrected chi connectivity index (χ3v) is 3.93. The van der Waals surface area contributed by atoms with Crippen LogP contribution in [0.15, 0.2) is 18.5 Å². The van der Waals surface area contributed by atoms with Crippen LogP contribution in [0.4, 0.5) is 0 Å². The molecular formula is C11H12BrClN2O. The van der Waals surface area contributed by atoms with Crippen LogP contribution in [0.5, 0.6) is 0 Å². The summed E-state index contributed by atoms with van der Waals surface area (Å²) in [4.78, 5) is 18.4. The van der Waals surface area contributed by atoms with Gasteiger partial charge in [0, 0.05) is 30.3 Å². The Morgan fingerprint density at radius 2 is 2.19 bits per heavy atom. The van der Waals surface area contributed by atoms with E-state index in [0.29, 0.717) is 15.4 Å². The molecule has 1 aromatic heterocycles. The minimum Gasteiger partial charge on any atom is -0.339 e. The molecule has 2 rings (SSSR count). The number of rotatable bonds is 1. The molecule has 5 heteroatoms. The fourth-order valence-corrected chi connectivity index (χ4v) is 2.38. The molecule has 0 aliphatic carbocycles. The summed E-state index contributed by atoms with van der Waals surface area (Å²) in [7, 11) is 0. The minimum absolute atomic E-state index is 0.00630. The van der Waals surface area contributed by atoms with Crippen molar-refractivity contribution < 1.29 is 4.79 Å². The van der Waals surface area contributed by atoms with Gasteiger partial charge in [0.25, 0.3) is 5.91 Å². The number of alkyl halides is 1. The molecule has 0 aromatic carbocycles. The van der Waals surface area contributed by atoms with Crippen molar-refractivity contribution in [3.8, 4) is 0 Å². The van der Waals surface area contributed by atoms with E-state index in [1.54, 1.807) is 12.3 Å². The Labute approximate surface area is 108 Å². The van der Waals surface area contributed by atoms with Gasteiger partial charge in [0.15, 0.2) is 0 Å². The molecule has 1 amide bonds. The zero-order valence-electron chi connectivity index (χ0n) is 8.70. The zero-order chi connectivity index (χ0) is 11.5. The van der Waals surface area contributed by atoms with Gasteiger partial charge in [0.2, 0.25) is 0 Å². The van der Waals surface area contributed by atoms with Crippen LogP contribution in [-0.4, -0.2) is 33.7 Å². The zero-order valence-corrected chi connectivity index (χ0v) is 11.0. The Morgan fingerprint density at radius 1 is 1.50 bits per heavy atom. The van der Waals surface area contributed by atoms with E-state index >= 15 is 0 Å². The van der Waals surface area contributed by atoms with Gasteiger partial charge in [-0.05, 0) is 18.9 Å². The second kappa shape index (κ2) is 5.15. The molecule has 1 fully saturated rings. The highest BCUT2D eigenvalue weighted by Gasteiger charge is 2.23. The van der Waals surface area contributed by atoms with E-state index in [1.807, 2.05) is 4.90 Å². The van der Waals surface area contributed by atoms with Crippen LogP contribution in [0, 0.1) is 0 Å². The number of hydrogen-bond acceptors (Lipinski definition) is 2. The summed E-state index contributed by atoms with van der Waals surface area (Å²) in [6.07, 6.45) is 5.09. The predicted octanol–water partition coefficient (Wildman–Crippen LogP) is 2.73. The van der Waals surface area contributed by atoms with Crippen molar-refractivity contribution in [1.29, 1.82) is 0 Å². The first-order valence-electron chi connectivity index (χ1n) is 5.21. The van der Waals surface area contributed by atoms with Crippen molar-refractivity contribution in [2.24, 2.45) is 0 Å². The second-order valence-electron chi connectivity index (χ2n) is 3.82. The monoisotopic (exact) mass is 302 g/mol. The van der Waals surface area contributed by atoms with Crippen LogP contribution in [0.1, 0.15) is 23.2 Å². The molecule has 2 heterocycles. The molecule has 1 saturated heterocycles. The topological polar surface area (TPSA) is 33.2 Å². The van der Waals surface area contributed by atoms with Gasteiger partial charge in [-0.2, -0.15) is 0 Å². The Balaban J connectivity index is 2.11. The lowest BCUT2D eigenvalue weighted by Gasteiger charge is -2.29. The summed E-state index contributed by atoms with van der Waals surface area (Å²) in [5.74, 6) is 0.00630. The first-order chi connectivity index (χ1) is 7.68. The summed E-state index contributed by atoms with van der Waals surface area (Å²) in [6.45, 7) is 1.57. The highest BCUT2D eigenvalue weighted by Crippen LogP contribution is 2.21. The molecule has 0 spiro atoms. The van der Waals surface area contributed by atoms with Crippen molar-refractivity contribution in [1.82, 2.24) is 9.88 Å². The molecule has 1 aliphatic heterocycles. The molecule has 0 N–H and O–H groups in total. The molecule has 16 heavy (non-hydrogen) atoms. The first-order valence-corrected chi connectivity index (χ1v) is 6.50. The number of piperidine rings is 1. The molecule has 1 aromatic rings. The van der Waals surface area contributed by atoms with E-state index in [1.165, 1.54) is 6.20 Å². The highest BCUT2D eigenvalue weighted by atomic mass is 79.9. The van der Waals surface area contributed by atoms with Gasteiger partial charge in [-0.25, -0.2) is 0 Å². The van der Waals surface area contributed by atoms with E-state index in [0.717, 1.165) is 25.9 Å². The van der Waals surface area contributed by atoms with Crippen LogP contribution >= 0.6 is 27.5 Å². The van der Waals surface area contributed by atoms with Crippen LogP contribution in [0.2, 0.25) is 5.02 Å². The van der Waals surface area contributed by atoms with Crippen molar-refractivity contribution in [2.75, 3.05) is 13.1 Å². The maximum atomic E-state index is 12.1. The Kier molecular flexibility index (Phi) is 3.82. The average molecular weight is 304 g/mol. The normalized spacial score (nSPS) is 17.5. The molecule has 0 atom stereocenters. The van der Waals surface area contributed by atoms with Crippen molar-refractivity contribution in [2.45, 2.75) is 17.7 Å². The maximum absolute atomic E-state index is 12.1. The lowest BCUT2D eigenvalue weighted by Crippen LogP contribution is -2.38. The Morgan fingerprint density at radius 3 is 2.81 bits per heavy atom. The fourth-order valence-electron chi connectivity index (χ4n) is 1.77. The predicted molar refractivity (Wildman–Crippen MR) is 67.1 cm³/mol.